The largest absolute Gasteiger partial charge is 0.378 e. The van der Waals surface area contributed by atoms with Crippen LogP contribution in [0.2, 0.25) is 5.02 Å². The summed E-state index contributed by atoms with van der Waals surface area (Å²) >= 11 is 5.87. The van der Waals surface area contributed by atoms with Crippen LogP contribution in [0.4, 0.5) is 5.69 Å². The zero-order valence-electron chi connectivity index (χ0n) is 15.7. The summed E-state index contributed by atoms with van der Waals surface area (Å²) in [6.45, 7) is 8.08. The van der Waals surface area contributed by atoms with Gasteiger partial charge in [-0.3, -0.25) is 19.4 Å². The van der Waals surface area contributed by atoms with E-state index in [4.69, 9.17) is 16.3 Å². The van der Waals surface area contributed by atoms with E-state index in [1.54, 1.807) is 24.3 Å². The number of carbonyl (C=O) groups excluding carboxylic acids is 2. The predicted octanol–water partition coefficient (Wildman–Crippen LogP) is 1.14. The Morgan fingerprint density at radius 3 is 2.33 bits per heavy atom. The van der Waals surface area contributed by atoms with Crippen LogP contribution in [0.5, 0.6) is 0 Å². The molecule has 1 atom stereocenters. The second-order valence-corrected chi connectivity index (χ2v) is 7.41. The number of hydrogen-bond acceptors (Lipinski definition) is 5. The van der Waals surface area contributed by atoms with Gasteiger partial charge in [0, 0.05) is 50.0 Å². The van der Waals surface area contributed by atoms with Crippen LogP contribution in [-0.4, -0.2) is 91.6 Å². The fraction of sp³-hybridized carbons (Fsp3) is 0.579. The van der Waals surface area contributed by atoms with Gasteiger partial charge in [0.15, 0.2) is 0 Å². The second kappa shape index (κ2) is 9.50. The Hall–Kier alpha value is -1.67. The lowest BCUT2D eigenvalue weighted by molar-refractivity contribution is -0.137. The first kappa shape index (κ1) is 20.1. The number of nitrogens with one attached hydrogen (secondary N) is 1. The number of morpholine rings is 1. The first-order valence-electron chi connectivity index (χ1n) is 9.41. The van der Waals surface area contributed by atoms with Gasteiger partial charge in [-0.25, -0.2) is 0 Å². The highest BCUT2D eigenvalue weighted by atomic mass is 35.5. The number of halogens is 1. The molecule has 3 rings (SSSR count). The van der Waals surface area contributed by atoms with E-state index in [0.717, 1.165) is 31.9 Å². The molecular weight excluding hydrogens is 368 g/mol. The van der Waals surface area contributed by atoms with Crippen LogP contribution in [0.15, 0.2) is 24.3 Å². The molecule has 0 aromatic heterocycles. The fourth-order valence-electron chi connectivity index (χ4n) is 3.36. The molecule has 148 valence electrons. The summed E-state index contributed by atoms with van der Waals surface area (Å²) in [5.74, 6) is 0.135. The highest BCUT2D eigenvalue weighted by Gasteiger charge is 2.27. The van der Waals surface area contributed by atoms with Crippen molar-refractivity contribution in [3.63, 3.8) is 0 Å². The molecule has 0 saturated carbocycles. The van der Waals surface area contributed by atoms with E-state index in [0.29, 0.717) is 37.9 Å². The summed E-state index contributed by atoms with van der Waals surface area (Å²) in [5, 5.41) is 3.57. The number of nitrogens with zero attached hydrogens (tertiary/aromatic N) is 3. The molecule has 0 spiro atoms. The minimum Gasteiger partial charge on any atom is -0.378 e. The number of benzene rings is 1. The number of carbonyl (C=O) groups is 2. The van der Waals surface area contributed by atoms with Gasteiger partial charge in [0.25, 0.3) is 0 Å². The van der Waals surface area contributed by atoms with Crippen molar-refractivity contribution in [2.24, 2.45) is 0 Å². The summed E-state index contributed by atoms with van der Waals surface area (Å²) in [4.78, 5) is 31.0. The van der Waals surface area contributed by atoms with Crippen molar-refractivity contribution in [2.75, 3.05) is 64.3 Å². The summed E-state index contributed by atoms with van der Waals surface area (Å²) in [5.41, 5.74) is 0.742. The third-order valence-corrected chi connectivity index (χ3v) is 5.42. The van der Waals surface area contributed by atoms with Crippen molar-refractivity contribution in [3.05, 3.63) is 29.3 Å². The highest BCUT2D eigenvalue weighted by Crippen LogP contribution is 2.15. The molecule has 1 N–H and O–H groups in total. The van der Waals surface area contributed by atoms with Crippen molar-refractivity contribution in [1.82, 2.24) is 14.7 Å². The van der Waals surface area contributed by atoms with Crippen LogP contribution in [-0.2, 0) is 14.3 Å². The molecular formula is C19H27ClN4O3. The van der Waals surface area contributed by atoms with E-state index in [9.17, 15) is 9.59 Å². The smallest absolute Gasteiger partial charge is 0.241 e. The number of ether oxygens (including phenoxy) is 1. The quantitative estimate of drug-likeness (QED) is 0.811. The van der Waals surface area contributed by atoms with E-state index in [-0.39, 0.29) is 17.9 Å². The monoisotopic (exact) mass is 394 g/mol. The molecule has 8 heteroatoms. The third-order valence-electron chi connectivity index (χ3n) is 5.17. The first-order chi connectivity index (χ1) is 13.0. The van der Waals surface area contributed by atoms with Gasteiger partial charge in [-0.15, -0.1) is 0 Å². The van der Waals surface area contributed by atoms with Crippen LogP contribution in [0, 0.1) is 0 Å². The molecule has 0 aliphatic carbocycles. The van der Waals surface area contributed by atoms with E-state index in [2.05, 4.69) is 15.1 Å². The van der Waals surface area contributed by atoms with Crippen LogP contribution >= 0.6 is 11.6 Å². The summed E-state index contributed by atoms with van der Waals surface area (Å²) in [6.07, 6.45) is 0. The van der Waals surface area contributed by atoms with Crippen molar-refractivity contribution in [2.45, 2.75) is 13.0 Å². The van der Waals surface area contributed by atoms with Crippen molar-refractivity contribution < 1.29 is 14.3 Å². The Labute approximate surface area is 165 Å². The number of anilines is 1. The number of rotatable bonds is 5. The van der Waals surface area contributed by atoms with Crippen LogP contribution in [0.1, 0.15) is 6.92 Å². The van der Waals surface area contributed by atoms with Crippen LogP contribution < -0.4 is 5.32 Å². The zero-order valence-corrected chi connectivity index (χ0v) is 16.5. The number of hydrogen-bond donors (Lipinski definition) is 1. The van der Waals surface area contributed by atoms with Crippen LogP contribution in [0.25, 0.3) is 0 Å². The zero-order chi connectivity index (χ0) is 19.2. The molecule has 2 fully saturated rings. The lowest BCUT2D eigenvalue weighted by atomic mass is 10.2. The third kappa shape index (κ3) is 5.65. The maximum atomic E-state index is 12.5. The Morgan fingerprint density at radius 2 is 1.70 bits per heavy atom. The summed E-state index contributed by atoms with van der Waals surface area (Å²) in [6, 6.07) is 6.88. The fourth-order valence-corrected chi connectivity index (χ4v) is 3.48. The van der Waals surface area contributed by atoms with E-state index >= 15 is 0 Å². The van der Waals surface area contributed by atoms with E-state index in [1.807, 2.05) is 11.8 Å². The SMILES string of the molecule is CC(C(=O)Nc1ccc(Cl)cc1)N1CCN(CC(=O)N2CCOCC2)CC1. The lowest BCUT2D eigenvalue weighted by Gasteiger charge is -2.38. The van der Waals surface area contributed by atoms with E-state index < -0.39 is 0 Å². The molecule has 2 aliphatic heterocycles. The molecule has 1 aromatic carbocycles. The van der Waals surface area contributed by atoms with E-state index in [1.165, 1.54) is 0 Å². The predicted molar refractivity (Wildman–Crippen MR) is 105 cm³/mol. The van der Waals surface area contributed by atoms with Crippen molar-refractivity contribution in [3.8, 4) is 0 Å². The molecule has 7 nitrogen and oxygen atoms in total. The van der Waals surface area contributed by atoms with Crippen LogP contribution in [0.3, 0.4) is 0 Å². The van der Waals surface area contributed by atoms with Crippen molar-refractivity contribution in [1.29, 1.82) is 0 Å². The molecule has 27 heavy (non-hydrogen) atoms. The lowest BCUT2D eigenvalue weighted by Crippen LogP contribution is -2.55. The Kier molecular flexibility index (Phi) is 7.07. The minimum atomic E-state index is -0.224. The summed E-state index contributed by atoms with van der Waals surface area (Å²) < 4.78 is 5.29. The summed E-state index contributed by atoms with van der Waals surface area (Å²) in [7, 11) is 0. The molecule has 0 radical (unpaired) electrons. The maximum absolute atomic E-state index is 12.5. The Morgan fingerprint density at radius 1 is 1.07 bits per heavy atom. The van der Waals surface area contributed by atoms with Gasteiger partial charge >= 0.3 is 0 Å². The topological polar surface area (TPSA) is 65.1 Å². The highest BCUT2D eigenvalue weighted by molar-refractivity contribution is 6.30. The normalized spacial score (nSPS) is 20.3. The van der Waals surface area contributed by atoms with Gasteiger partial charge in [-0.2, -0.15) is 0 Å². The molecule has 1 unspecified atom stereocenters. The van der Waals surface area contributed by atoms with Gasteiger partial charge in [0.05, 0.1) is 25.8 Å². The Bertz CT molecular complexity index is 641. The molecule has 2 amide bonds. The molecule has 2 heterocycles. The Balaban J connectivity index is 1.43. The maximum Gasteiger partial charge on any atom is 0.241 e. The minimum absolute atomic E-state index is 0.0323. The number of piperazine rings is 1. The standard InChI is InChI=1S/C19H27ClN4O3/c1-15(19(26)21-17-4-2-16(20)3-5-17)23-8-6-22(7-9-23)14-18(25)24-10-12-27-13-11-24/h2-5,15H,6-14H2,1H3,(H,21,26). The second-order valence-electron chi connectivity index (χ2n) is 6.98. The van der Waals surface area contributed by atoms with Gasteiger partial charge < -0.3 is 15.0 Å². The molecule has 1 aromatic rings. The van der Waals surface area contributed by atoms with Gasteiger partial charge in [-0.1, -0.05) is 11.6 Å². The average Bonchev–Trinajstić information content (AvgIpc) is 2.70. The van der Waals surface area contributed by atoms with Gasteiger partial charge in [0.2, 0.25) is 11.8 Å². The van der Waals surface area contributed by atoms with Gasteiger partial charge in [-0.05, 0) is 31.2 Å². The molecule has 2 saturated heterocycles. The van der Waals surface area contributed by atoms with Crippen molar-refractivity contribution >= 4 is 29.1 Å². The molecule has 2 aliphatic rings. The molecule has 0 bridgehead atoms. The average molecular weight is 395 g/mol. The first-order valence-corrected chi connectivity index (χ1v) is 9.79. The number of amides is 2. The van der Waals surface area contributed by atoms with Gasteiger partial charge in [0.1, 0.15) is 0 Å².